The molecule has 1 fully saturated rings. The second kappa shape index (κ2) is 6.06. The number of Topliss-reactive ketones (excluding diaryl/α,β-unsaturated/α-hetero) is 1. The van der Waals surface area contributed by atoms with E-state index in [1.165, 1.54) is 0 Å². The van der Waals surface area contributed by atoms with Crippen molar-refractivity contribution in [2.45, 2.75) is 44.4 Å². The van der Waals surface area contributed by atoms with Crippen molar-refractivity contribution in [2.24, 2.45) is 11.3 Å². The van der Waals surface area contributed by atoms with Gasteiger partial charge in [0.25, 0.3) is 0 Å². The number of ketones is 1. The molecule has 31 heavy (non-hydrogen) atoms. The molecule has 1 aliphatic carbocycles. The van der Waals surface area contributed by atoms with Gasteiger partial charge in [0.05, 0.1) is 0 Å². The first kappa shape index (κ1) is 20.0. The zero-order valence-corrected chi connectivity index (χ0v) is 18.7. The van der Waals surface area contributed by atoms with Crippen LogP contribution in [0.15, 0.2) is 48.5 Å². The molecular formula is C26H28N2O3. The number of para-hydroxylation sites is 2. The first-order valence-electron chi connectivity index (χ1n) is 10.9. The minimum Gasteiger partial charge on any atom is -0.314 e. The Morgan fingerprint density at radius 3 is 1.52 bits per heavy atom. The van der Waals surface area contributed by atoms with Gasteiger partial charge in [-0.2, -0.15) is 0 Å². The predicted octanol–water partition coefficient (Wildman–Crippen LogP) is 3.84. The van der Waals surface area contributed by atoms with E-state index >= 15 is 0 Å². The molecule has 2 atom stereocenters. The molecule has 5 nitrogen and oxygen atoms in total. The summed E-state index contributed by atoms with van der Waals surface area (Å²) in [6, 6.07) is 15.1. The van der Waals surface area contributed by atoms with Crippen molar-refractivity contribution >= 4 is 29.0 Å². The highest BCUT2D eigenvalue weighted by atomic mass is 16.2. The monoisotopic (exact) mass is 416 g/mol. The van der Waals surface area contributed by atoms with Gasteiger partial charge in [-0.1, -0.05) is 57.2 Å². The van der Waals surface area contributed by atoms with Gasteiger partial charge in [-0.05, 0) is 47.4 Å². The van der Waals surface area contributed by atoms with E-state index in [9.17, 15) is 14.4 Å². The summed E-state index contributed by atoms with van der Waals surface area (Å²) in [6.07, 6.45) is 0.854. The Hall–Kier alpha value is -2.95. The van der Waals surface area contributed by atoms with Crippen molar-refractivity contribution in [3.8, 4) is 0 Å². The molecule has 0 N–H and O–H groups in total. The Morgan fingerprint density at radius 1 is 0.742 bits per heavy atom. The van der Waals surface area contributed by atoms with E-state index in [4.69, 9.17) is 0 Å². The first-order valence-corrected chi connectivity index (χ1v) is 10.9. The van der Waals surface area contributed by atoms with Crippen LogP contribution in [0.3, 0.4) is 0 Å². The van der Waals surface area contributed by atoms with Crippen LogP contribution in [0.25, 0.3) is 0 Å². The van der Waals surface area contributed by atoms with E-state index in [0.717, 1.165) is 22.5 Å². The average molecular weight is 417 g/mol. The number of anilines is 2. The lowest BCUT2D eigenvalue weighted by Crippen LogP contribution is -2.63. The highest BCUT2D eigenvalue weighted by molar-refractivity contribution is 6.33. The van der Waals surface area contributed by atoms with Gasteiger partial charge in [-0.15, -0.1) is 0 Å². The van der Waals surface area contributed by atoms with E-state index in [2.05, 4.69) is 20.8 Å². The topological polar surface area (TPSA) is 57.7 Å². The van der Waals surface area contributed by atoms with Gasteiger partial charge in [0.1, 0.15) is 10.8 Å². The highest BCUT2D eigenvalue weighted by Gasteiger charge is 2.70. The quantitative estimate of drug-likeness (QED) is 0.613. The SMILES string of the molecule is CN1C(=O)[C@@]2(CC(C(C)(C)C)C[C@@]3(C(=O)N(C)c4ccccc43)C2=O)c2ccccc21. The maximum atomic E-state index is 14.6. The largest absolute Gasteiger partial charge is 0.314 e. The number of nitrogens with zero attached hydrogens (tertiary/aromatic N) is 2. The molecule has 0 saturated heterocycles. The number of likely N-dealkylation sites (N-methyl/N-ethyl adjacent to an activating group) is 2. The van der Waals surface area contributed by atoms with Crippen LogP contribution < -0.4 is 9.80 Å². The fourth-order valence-electron chi connectivity index (χ4n) is 6.08. The maximum absolute atomic E-state index is 14.6. The molecule has 3 aliphatic rings. The predicted molar refractivity (Wildman–Crippen MR) is 120 cm³/mol. The zero-order valence-electron chi connectivity index (χ0n) is 18.7. The molecule has 2 spiro atoms. The minimum absolute atomic E-state index is 0.0113. The third-order valence-corrected chi connectivity index (χ3v) is 7.89. The van der Waals surface area contributed by atoms with Gasteiger partial charge in [0.15, 0.2) is 5.78 Å². The molecule has 2 aliphatic heterocycles. The number of carbonyl (C=O) groups is 3. The number of hydrogen-bond acceptors (Lipinski definition) is 3. The Balaban J connectivity index is 1.84. The summed E-state index contributed by atoms with van der Waals surface area (Å²) < 4.78 is 0. The number of amides is 2. The second-order valence-corrected chi connectivity index (χ2v) is 10.4. The molecule has 2 amide bonds. The molecule has 0 radical (unpaired) electrons. The summed E-state index contributed by atoms with van der Waals surface area (Å²) in [6.45, 7) is 6.41. The molecule has 160 valence electrons. The summed E-state index contributed by atoms with van der Waals surface area (Å²) in [7, 11) is 3.46. The van der Waals surface area contributed by atoms with Crippen LogP contribution in [0, 0.1) is 11.3 Å². The molecule has 2 aromatic carbocycles. The van der Waals surface area contributed by atoms with Crippen molar-refractivity contribution in [2.75, 3.05) is 23.9 Å². The van der Waals surface area contributed by atoms with Gasteiger partial charge >= 0.3 is 0 Å². The highest BCUT2D eigenvalue weighted by Crippen LogP contribution is 2.60. The molecular weight excluding hydrogens is 388 g/mol. The van der Waals surface area contributed by atoms with Crippen molar-refractivity contribution in [3.63, 3.8) is 0 Å². The Bertz CT molecular complexity index is 1070. The standard InChI is InChI=1S/C26H28N2O3/c1-24(2,3)16-14-25(17-10-6-8-12-19(17)27(4)22(25)30)21(29)26(15-16)18-11-7-9-13-20(18)28(5)23(26)31/h6-13,16H,14-15H2,1-5H3/t25-,26-/m0/s1. The summed E-state index contributed by atoms with van der Waals surface area (Å²) in [5.41, 5.74) is 0.148. The lowest BCUT2D eigenvalue weighted by Gasteiger charge is -2.48. The summed E-state index contributed by atoms with van der Waals surface area (Å²) in [4.78, 5) is 45.5. The molecule has 5 rings (SSSR count). The fourth-order valence-corrected chi connectivity index (χ4v) is 6.08. The molecule has 1 saturated carbocycles. The van der Waals surface area contributed by atoms with Crippen molar-refractivity contribution in [3.05, 3.63) is 59.7 Å². The molecule has 0 aromatic heterocycles. The fraction of sp³-hybridized carbons (Fsp3) is 0.423. The van der Waals surface area contributed by atoms with Crippen molar-refractivity contribution in [1.82, 2.24) is 0 Å². The molecule has 2 aromatic rings. The van der Waals surface area contributed by atoms with Gasteiger partial charge < -0.3 is 9.80 Å². The number of hydrogen-bond donors (Lipinski definition) is 0. The van der Waals surface area contributed by atoms with Crippen LogP contribution in [0.4, 0.5) is 11.4 Å². The average Bonchev–Trinajstić information content (AvgIpc) is 3.09. The molecule has 2 heterocycles. The van der Waals surface area contributed by atoms with Crippen molar-refractivity contribution < 1.29 is 14.4 Å². The number of fused-ring (bicyclic) bond motifs is 4. The van der Waals surface area contributed by atoms with Gasteiger partial charge in [-0.3, -0.25) is 14.4 Å². The maximum Gasteiger partial charge on any atom is 0.245 e. The van der Waals surface area contributed by atoms with E-state index in [-0.39, 0.29) is 28.9 Å². The number of benzene rings is 2. The minimum atomic E-state index is -1.34. The van der Waals surface area contributed by atoms with Crippen LogP contribution in [-0.2, 0) is 25.2 Å². The van der Waals surface area contributed by atoms with Gasteiger partial charge in [-0.25, -0.2) is 0 Å². The molecule has 0 unspecified atom stereocenters. The third kappa shape index (κ3) is 2.24. The zero-order chi connectivity index (χ0) is 22.3. The summed E-state index contributed by atoms with van der Waals surface area (Å²) >= 11 is 0. The van der Waals surface area contributed by atoms with Crippen LogP contribution >= 0.6 is 0 Å². The molecule has 5 heteroatoms. The number of carbonyl (C=O) groups excluding carboxylic acids is 3. The Morgan fingerprint density at radius 2 is 1.13 bits per heavy atom. The van der Waals surface area contributed by atoms with E-state index in [0.29, 0.717) is 12.8 Å². The van der Waals surface area contributed by atoms with Crippen LogP contribution in [0.2, 0.25) is 0 Å². The first-order chi connectivity index (χ1) is 14.6. The van der Waals surface area contributed by atoms with Crippen LogP contribution in [0.1, 0.15) is 44.7 Å². The van der Waals surface area contributed by atoms with E-state index < -0.39 is 10.8 Å². The smallest absolute Gasteiger partial charge is 0.245 e. The Kier molecular flexibility index (Phi) is 3.90. The van der Waals surface area contributed by atoms with E-state index in [1.54, 1.807) is 23.9 Å². The summed E-state index contributed by atoms with van der Waals surface area (Å²) in [5, 5.41) is 0. The van der Waals surface area contributed by atoms with Crippen molar-refractivity contribution in [1.29, 1.82) is 0 Å². The normalized spacial score (nSPS) is 29.8. The van der Waals surface area contributed by atoms with E-state index in [1.807, 2.05) is 48.5 Å². The second-order valence-electron chi connectivity index (χ2n) is 10.4. The summed E-state index contributed by atoms with van der Waals surface area (Å²) in [5.74, 6) is -0.681. The van der Waals surface area contributed by atoms with Crippen LogP contribution in [-0.4, -0.2) is 31.7 Å². The Labute approximate surface area is 183 Å². The lowest BCUT2D eigenvalue weighted by atomic mass is 9.50. The van der Waals surface area contributed by atoms with Gasteiger partial charge in [0.2, 0.25) is 11.8 Å². The third-order valence-electron chi connectivity index (χ3n) is 7.89. The molecule has 0 bridgehead atoms. The lowest BCUT2D eigenvalue weighted by molar-refractivity contribution is -0.148. The van der Waals surface area contributed by atoms with Crippen LogP contribution in [0.5, 0.6) is 0 Å². The number of rotatable bonds is 0. The van der Waals surface area contributed by atoms with Gasteiger partial charge in [0, 0.05) is 25.5 Å².